The molecule has 0 N–H and O–H groups in total. The fourth-order valence-electron chi connectivity index (χ4n) is 3.24. The lowest BCUT2D eigenvalue weighted by molar-refractivity contribution is 0.760. The smallest absolute Gasteiger partial charge is 0.0820 e. The van der Waals surface area contributed by atoms with E-state index in [1.165, 1.54) is 46.6 Å². The third-order valence-electron chi connectivity index (χ3n) is 4.87. The predicted molar refractivity (Wildman–Crippen MR) is 126 cm³/mol. The van der Waals surface area contributed by atoms with E-state index in [1.54, 1.807) is 11.3 Å². The molecule has 1 aromatic heterocycles. The summed E-state index contributed by atoms with van der Waals surface area (Å²) >= 11 is 1.78. The first kappa shape index (κ1) is 21.0. The van der Waals surface area contributed by atoms with Gasteiger partial charge < -0.3 is 0 Å². The second kappa shape index (κ2) is 11.3. The number of thiophene rings is 1. The van der Waals surface area contributed by atoms with Crippen molar-refractivity contribution in [1.29, 1.82) is 0 Å². The zero-order chi connectivity index (χ0) is 20.3. The topological polar surface area (TPSA) is 0 Å². The van der Waals surface area contributed by atoms with E-state index in [9.17, 15) is 0 Å². The molecule has 0 saturated carbocycles. The van der Waals surface area contributed by atoms with E-state index < -0.39 is 0 Å². The molecule has 0 saturated heterocycles. The van der Waals surface area contributed by atoms with E-state index in [0.29, 0.717) is 0 Å². The molecule has 0 bridgehead atoms. The normalized spacial score (nSPS) is 10.0. The minimum Gasteiger partial charge on any atom is -0.117 e. The molecule has 3 aromatic rings. The molecule has 0 nitrogen and oxygen atoms in total. The van der Waals surface area contributed by atoms with Crippen LogP contribution in [0.3, 0.4) is 0 Å². The molecule has 0 radical (unpaired) electrons. The summed E-state index contributed by atoms with van der Waals surface area (Å²) in [5.41, 5.74) is 5.00. The SMILES string of the molecule is CCCCc1c(C#Cc2ccccc2)sc(C#Cc2ccccc2)c1CCCC. The van der Waals surface area contributed by atoms with Gasteiger partial charge in [0, 0.05) is 11.1 Å². The van der Waals surface area contributed by atoms with E-state index in [2.05, 4.69) is 61.8 Å². The van der Waals surface area contributed by atoms with Gasteiger partial charge in [0.25, 0.3) is 0 Å². The summed E-state index contributed by atoms with van der Waals surface area (Å²) < 4.78 is 0. The highest BCUT2D eigenvalue weighted by molar-refractivity contribution is 7.13. The zero-order valence-corrected chi connectivity index (χ0v) is 18.2. The number of hydrogen-bond donors (Lipinski definition) is 0. The molecule has 0 atom stereocenters. The van der Waals surface area contributed by atoms with Gasteiger partial charge in [0.1, 0.15) is 0 Å². The van der Waals surface area contributed by atoms with Crippen LogP contribution in [0, 0.1) is 23.7 Å². The molecule has 0 aliphatic carbocycles. The van der Waals surface area contributed by atoms with Gasteiger partial charge in [-0.3, -0.25) is 0 Å². The number of rotatable bonds is 6. The molecule has 1 heterocycles. The highest BCUT2D eigenvalue weighted by Gasteiger charge is 2.15. The van der Waals surface area contributed by atoms with E-state index in [0.717, 1.165) is 24.0 Å². The van der Waals surface area contributed by atoms with Gasteiger partial charge in [0.05, 0.1) is 9.75 Å². The first-order chi connectivity index (χ1) is 14.3. The van der Waals surface area contributed by atoms with Crippen LogP contribution >= 0.6 is 11.3 Å². The minimum absolute atomic E-state index is 1.06. The first-order valence-corrected chi connectivity index (χ1v) is 11.4. The molecule has 2 aromatic carbocycles. The molecule has 0 aliphatic rings. The number of unbranched alkanes of at least 4 members (excludes halogenated alkanes) is 2. The molecular formula is C28H28S. The van der Waals surface area contributed by atoms with Crippen LogP contribution in [0.5, 0.6) is 0 Å². The van der Waals surface area contributed by atoms with Crippen LogP contribution < -0.4 is 0 Å². The Labute approximate surface area is 180 Å². The average Bonchev–Trinajstić information content (AvgIpc) is 3.11. The maximum absolute atomic E-state index is 3.47. The molecule has 1 heteroatoms. The Kier molecular flexibility index (Phi) is 8.18. The lowest BCUT2D eigenvalue weighted by atomic mass is 9.98. The Morgan fingerprint density at radius 2 is 1.00 bits per heavy atom. The minimum atomic E-state index is 1.06. The summed E-state index contributed by atoms with van der Waals surface area (Å²) in [7, 11) is 0. The highest BCUT2D eigenvalue weighted by Crippen LogP contribution is 2.31. The van der Waals surface area contributed by atoms with Gasteiger partial charge in [-0.2, -0.15) is 0 Å². The summed E-state index contributed by atoms with van der Waals surface area (Å²) in [5, 5.41) is 0. The largest absolute Gasteiger partial charge is 0.117 e. The third-order valence-corrected chi connectivity index (χ3v) is 5.97. The van der Waals surface area contributed by atoms with Crippen molar-refractivity contribution in [3.05, 3.63) is 92.7 Å². The fraction of sp³-hybridized carbons (Fsp3) is 0.286. The Hall–Kier alpha value is -2.74. The molecule has 146 valence electrons. The van der Waals surface area contributed by atoms with Crippen molar-refractivity contribution >= 4 is 11.3 Å². The third kappa shape index (κ3) is 6.12. The summed E-state index contributed by atoms with van der Waals surface area (Å²) in [6.45, 7) is 4.51. The molecular weight excluding hydrogens is 368 g/mol. The van der Waals surface area contributed by atoms with Crippen molar-refractivity contribution in [2.75, 3.05) is 0 Å². The Morgan fingerprint density at radius 1 is 0.586 bits per heavy atom. The second-order valence-electron chi connectivity index (χ2n) is 7.16. The van der Waals surface area contributed by atoms with E-state index in [1.807, 2.05) is 36.4 Å². The summed E-state index contributed by atoms with van der Waals surface area (Å²) in [6, 6.07) is 20.5. The van der Waals surface area contributed by atoms with Crippen molar-refractivity contribution in [3.63, 3.8) is 0 Å². The summed E-state index contributed by atoms with van der Waals surface area (Å²) in [4.78, 5) is 2.40. The molecule has 0 fully saturated rings. The predicted octanol–water partition coefficient (Wildman–Crippen LogP) is 7.23. The summed E-state index contributed by atoms with van der Waals surface area (Å²) in [5.74, 6) is 13.7. The van der Waals surface area contributed by atoms with E-state index in [-0.39, 0.29) is 0 Å². The standard InChI is InChI=1S/C28H28S/c1-3-5-17-25-26(18-6-4-2)28(22-20-24-15-11-8-12-16-24)29-27(25)21-19-23-13-9-7-10-14-23/h7-16H,3-6,17-18H2,1-2H3. The molecule has 0 unspecified atom stereocenters. The Balaban J connectivity index is 2.03. The maximum atomic E-state index is 3.47. The van der Waals surface area contributed by atoms with Crippen LogP contribution in [-0.4, -0.2) is 0 Å². The fourth-order valence-corrected chi connectivity index (χ4v) is 4.34. The number of benzene rings is 2. The highest BCUT2D eigenvalue weighted by atomic mass is 32.1. The van der Waals surface area contributed by atoms with Crippen molar-refractivity contribution in [3.8, 4) is 23.7 Å². The molecule has 0 aliphatic heterocycles. The quantitative estimate of drug-likeness (QED) is 0.385. The first-order valence-electron chi connectivity index (χ1n) is 10.6. The van der Waals surface area contributed by atoms with Gasteiger partial charge in [-0.15, -0.1) is 11.3 Å². The van der Waals surface area contributed by atoms with Crippen LogP contribution in [0.25, 0.3) is 0 Å². The second-order valence-corrected chi connectivity index (χ2v) is 8.18. The van der Waals surface area contributed by atoms with Crippen LogP contribution in [-0.2, 0) is 12.8 Å². The molecule has 3 rings (SSSR count). The van der Waals surface area contributed by atoms with Gasteiger partial charge in [-0.1, -0.05) is 86.8 Å². The Morgan fingerprint density at radius 3 is 1.38 bits per heavy atom. The number of hydrogen-bond acceptors (Lipinski definition) is 1. The van der Waals surface area contributed by atoms with Gasteiger partial charge in [0.15, 0.2) is 0 Å². The monoisotopic (exact) mass is 396 g/mol. The maximum Gasteiger partial charge on any atom is 0.0820 e. The molecule has 0 spiro atoms. The van der Waals surface area contributed by atoms with Gasteiger partial charge >= 0.3 is 0 Å². The lowest BCUT2D eigenvalue weighted by Crippen LogP contribution is -1.95. The Bertz CT molecular complexity index is 934. The average molecular weight is 397 g/mol. The molecule has 0 amide bonds. The van der Waals surface area contributed by atoms with Gasteiger partial charge in [0.2, 0.25) is 0 Å². The zero-order valence-electron chi connectivity index (χ0n) is 17.4. The van der Waals surface area contributed by atoms with Crippen LogP contribution in [0.2, 0.25) is 0 Å². The van der Waals surface area contributed by atoms with Crippen molar-refractivity contribution in [2.24, 2.45) is 0 Å². The summed E-state index contributed by atoms with van der Waals surface area (Å²) in [6.07, 6.45) is 6.97. The van der Waals surface area contributed by atoms with Crippen LogP contribution in [0.15, 0.2) is 60.7 Å². The van der Waals surface area contributed by atoms with E-state index >= 15 is 0 Å². The van der Waals surface area contributed by atoms with Crippen molar-refractivity contribution in [1.82, 2.24) is 0 Å². The van der Waals surface area contributed by atoms with Gasteiger partial charge in [-0.25, -0.2) is 0 Å². The van der Waals surface area contributed by atoms with Crippen molar-refractivity contribution in [2.45, 2.75) is 52.4 Å². The van der Waals surface area contributed by atoms with Crippen LogP contribution in [0.1, 0.15) is 71.5 Å². The lowest BCUT2D eigenvalue weighted by Gasteiger charge is -2.05. The van der Waals surface area contributed by atoms with E-state index in [4.69, 9.17) is 0 Å². The van der Waals surface area contributed by atoms with Crippen molar-refractivity contribution < 1.29 is 0 Å². The molecule has 29 heavy (non-hydrogen) atoms. The van der Waals surface area contributed by atoms with Gasteiger partial charge in [-0.05, 0) is 61.1 Å². The van der Waals surface area contributed by atoms with Crippen LogP contribution in [0.4, 0.5) is 0 Å².